The molecule has 25 heavy (non-hydrogen) atoms. The van der Waals surface area contributed by atoms with E-state index in [0.717, 1.165) is 17.7 Å². The molecule has 0 unspecified atom stereocenters. The molecule has 8 heteroatoms. The molecule has 1 amide bonds. The smallest absolute Gasteiger partial charge is 0.276 e. The Morgan fingerprint density at radius 2 is 2.20 bits per heavy atom. The van der Waals surface area contributed by atoms with Crippen molar-refractivity contribution in [1.82, 2.24) is 19.6 Å². The fourth-order valence-corrected chi connectivity index (χ4v) is 3.39. The number of aromatic nitrogens is 4. The summed E-state index contributed by atoms with van der Waals surface area (Å²) >= 11 is 1.57. The van der Waals surface area contributed by atoms with E-state index in [0.29, 0.717) is 30.2 Å². The second kappa shape index (κ2) is 7.18. The number of amides is 1. The highest BCUT2D eigenvalue weighted by Crippen LogP contribution is 2.17. The fraction of sp³-hybridized carbons (Fsp3) is 0.412. The Labute approximate surface area is 149 Å². The standard InChI is InChI=1S/C17H21N5O2S/c1-4-5-8-14-11(2)18-16-19-17(20-22(16)15(14)24)21(12(3)23)10-13-7-6-9-25-13/h6-7,9H,4-5,8,10H2,1-3H3,(H,18,19,20). The number of hydrogen-bond donors (Lipinski definition) is 1. The molecule has 0 radical (unpaired) electrons. The Morgan fingerprint density at radius 3 is 2.84 bits per heavy atom. The van der Waals surface area contributed by atoms with Gasteiger partial charge in [0.1, 0.15) is 0 Å². The molecule has 0 aromatic carbocycles. The van der Waals surface area contributed by atoms with Crippen LogP contribution >= 0.6 is 11.3 Å². The minimum absolute atomic E-state index is 0.144. The van der Waals surface area contributed by atoms with E-state index in [9.17, 15) is 9.59 Å². The van der Waals surface area contributed by atoms with Gasteiger partial charge in [0.15, 0.2) is 0 Å². The number of thiophene rings is 1. The van der Waals surface area contributed by atoms with Crippen molar-refractivity contribution >= 4 is 29.0 Å². The minimum Gasteiger partial charge on any atom is -0.276 e. The van der Waals surface area contributed by atoms with E-state index < -0.39 is 0 Å². The average molecular weight is 359 g/mol. The van der Waals surface area contributed by atoms with Crippen LogP contribution in [0, 0.1) is 6.92 Å². The summed E-state index contributed by atoms with van der Waals surface area (Å²) in [5.41, 5.74) is 1.25. The zero-order valence-electron chi connectivity index (χ0n) is 14.6. The molecule has 3 heterocycles. The lowest BCUT2D eigenvalue weighted by atomic mass is 10.1. The van der Waals surface area contributed by atoms with Crippen LogP contribution in [-0.2, 0) is 17.8 Å². The van der Waals surface area contributed by atoms with Gasteiger partial charge < -0.3 is 0 Å². The molecule has 132 valence electrons. The molecule has 0 fully saturated rings. The average Bonchev–Trinajstić information content (AvgIpc) is 3.21. The van der Waals surface area contributed by atoms with Gasteiger partial charge in [0.25, 0.3) is 11.3 Å². The van der Waals surface area contributed by atoms with Crippen molar-refractivity contribution in [2.24, 2.45) is 0 Å². The summed E-state index contributed by atoms with van der Waals surface area (Å²) in [7, 11) is 0. The van der Waals surface area contributed by atoms with Crippen molar-refractivity contribution in [3.8, 4) is 0 Å². The minimum atomic E-state index is -0.150. The number of carbonyl (C=O) groups is 1. The quantitative estimate of drug-likeness (QED) is 0.733. The van der Waals surface area contributed by atoms with Crippen LogP contribution in [0.1, 0.15) is 42.8 Å². The van der Waals surface area contributed by atoms with Crippen molar-refractivity contribution in [2.45, 2.75) is 46.6 Å². The molecular weight excluding hydrogens is 338 g/mol. The van der Waals surface area contributed by atoms with Crippen molar-refractivity contribution in [2.75, 3.05) is 4.90 Å². The molecule has 3 aromatic heterocycles. The first-order chi connectivity index (χ1) is 12.0. The Morgan fingerprint density at radius 1 is 1.40 bits per heavy atom. The van der Waals surface area contributed by atoms with E-state index >= 15 is 0 Å². The van der Waals surface area contributed by atoms with E-state index in [1.54, 1.807) is 11.3 Å². The maximum absolute atomic E-state index is 12.7. The van der Waals surface area contributed by atoms with Crippen LogP contribution in [0.5, 0.6) is 0 Å². The van der Waals surface area contributed by atoms with Crippen LogP contribution in [0.15, 0.2) is 22.3 Å². The van der Waals surface area contributed by atoms with Crippen molar-refractivity contribution < 1.29 is 4.79 Å². The van der Waals surface area contributed by atoms with Gasteiger partial charge in [0.2, 0.25) is 11.9 Å². The number of hydrogen-bond acceptors (Lipinski definition) is 5. The van der Waals surface area contributed by atoms with Gasteiger partial charge in [-0.05, 0) is 31.2 Å². The summed E-state index contributed by atoms with van der Waals surface area (Å²) in [4.78, 5) is 36.1. The maximum atomic E-state index is 12.7. The second-order valence-corrected chi connectivity index (χ2v) is 6.98. The van der Waals surface area contributed by atoms with Gasteiger partial charge in [0, 0.05) is 17.4 Å². The third-order valence-corrected chi connectivity index (χ3v) is 4.95. The molecule has 0 saturated carbocycles. The van der Waals surface area contributed by atoms with E-state index in [4.69, 9.17) is 0 Å². The number of H-pyrrole nitrogens is 1. The van der Waals surface area contributed by atoms with E-state index in [2.05, 4.69) is 22.0 Å². The van der Waals surface area contributed by atoms with Gasteiger partial charge in [-0.15, -0.1) is 11.3 Å². The Kier molecular flexibility index (Phi) is 4.98. The number of rotatable bonds is 6. The number of nitrogens with zero attached hydrogens (tertiary/aromatic N) is 4. The van der Waals surface area contributed by atoms with Crippen molar-refractivity contribution in [3.63, 3.8) is 0 Å². The summed E-state index contributed by atoms with van der Waals surface area (Å²) in [6.07, 6.45) is 2.63. The molecule has 0 aliphatic carbocycles. The Hall–Kier alpha value is -2.48. The molecule has 0 aliphatic rings. The van der Waals surface area contributed by atoms with Crippen molar-refractivity contribution in [3.05, 3.63) is 44.0 Å². The largest absolute Gasteiger partial charge is 0.277 e. The second-order valence-electron chi connectivity index (χ2n) is 5.95. The van der Waals surface area contributed by atoms with Crippen LogP contribution in [0.25, 0.3) is 5.78 Å². The number of anilines is 1. The van der Waals surface area contributed by atoms with E-state index in [1.807, 2.05) is 24.4 Å². The van der Waals surface area contributed by atoms with Gasteiger partial charge >= 0.3 is 0 Å². The van der Waals surface area contributed by atoms with Crippen LogP contribution < -0.4 is 10.5 Å². The highest BCUT2D eigenvalue weighted by molar-refractivity contribution is 7.09. The lowest BCUT2D eigenvalue weighted by molar-refractivity contribution is -0.116. The van der Waals surface area contributed by atoms with Gasteiger partial charge in [-0.25, -0.2) is 4.98 Å². The van der Waals surface area contributed by atoms with Gasteiger partial charge in [-0.2, -0.15) is 9.50 Å². The Balaban J connectivity index is 2.03. The van der Waals surface area contributed by atoms with Gasteiger partial charge in [-0.1, -0.05) is 19.4 Å². The molecular formula is C17H21N5O2S. The molecule has 3 rings (SSSR count). The highest BCUT2D eigenvalue weighted by Gasteiger charge is 2.19. The van der Waals surface area contributed by atoms with Crippen LogP contribution in [-0.4, -0.2) is 25.5 Å². The Bertz CT molecular complexity index is 942. The topological polar surface area (TPSA) is 83.4 Å². The normalized spacial score (nSPS) is 11.2. The van der Waals surface area contributed by atoms with Crippen LogP contribution in [0.2, 0.25) is 0 Å². The summed E-state index contributed by atoms with van der Waals surface area (Å²) < 4.78 is 1.33. The predicted octanol–water partition coefficient (Wildman–Crippen LogP) is 2.68. The van der Waals surface area contributed by atoms with E-state index in [1.165, 1.54) is 16.3 Å². The first-order valence-corrected chi connectivity index (χ1v) is 9.18. The van der Waals surface area contributed by atoms with Gasteiger partial charge in [0.05, 0.1) is 12.2 Å². The zero-order chi connectivity index (χ0) is 18.0. The number of fused-ring (bicyclic) bond motifs is 1. The SMILES string of the molecule is CCCCc1c(C)nc2nc(N(Cc3cccs3)C(C)=O)[nH]n2c1=O. The van der Waals surface area contributed by atoms with Crippen LogP contribution in [0.4, 0.5) is 5.95 Å². The summed E-state index contributed by atoms with van der Waals surface area (Å²) in [6.45, 7) is 5.80. The van der Waals surface area contributed by atoms with E-state index in [-0.39, 0.29) is 17.2 Å². The number of unbranched alkanes of at least 4 members (excludes halogenated alkanes) is 1. The monoisotopic (exact) mass is 359 g/mol. The zero-order valence-corrected chi connectivity index (χ0v) is 15.4. The number of aromatic amines is 1. The first-order valence-electron chi connectivity index (χ1n) is 8.30. The van der Waals surface area contributed by atoms with Crippen molar-refractivity contribution in [1.29, 1.82) is 0 Å². The van der Waals surface area contributed by atoms with Gasteiger partial charge in [-0.3, -0.25) is 19.6 Å². The highest BCUT2D eigenvalue weighted by atomic mass is 32.1. The molecule has 0 saturated heterocycles. The molecule has 3 aromatic rings. The third kappa shape index (κ3) is 3.48. The number of carbonyl (C=O) groups excluding carboxylic acids is 1. The van der Waals surface area contributed by atoms with Crippen LogP contribution in [0.3, 0.4) is 0 Å². The fourth-order valence-electron chi connectivity index (χ4n) is 2.70. The summed E-state index contributed by atoms with van der Waals surface area (Å²) in [5, 5.41) is 4.90. The first kappa shape index (κ1) is 17.3. The predicted molar refractivity (Wildman–Crippen MR) is 98.1 cm³/mol. The summed E-state index contributed by atoms with van der Waals surface area (Å²) in [6, 6.07) is 3.90. The maximum Gasteiger partial charge on any atom is 0.277 e. The molecule has 0 spiro atoms. The molecule has 0 bridgehead atoms. The molecule has 0 aliphatic heterocycles. The lowest BCUT2D eigenvalue weighted by Gasteiger charge is -2.16. The third-order valence-electron chi connectivity index (χ3n) is 4.09. The molecule has 1 N–H and O–H groups in total. The number of nitrogens with one attached hydrogen (secondary N) is 1. The lowest BCUT2D eigenvalue weighted by Crippen LogP contribution is -2.29. The molecule has 0 atom stereocenters. The number of aryl methyl sites for hydroxylation is 1. The molecule has 7 nitrogen and oxygen atoms in total. The summed E-state index contributed by atoms with van der Waals surface area (Å²) in [5.74, 6) is 0.469.